The predicted molar refractivity (Wildman–Crippen MR) is 123 cm³/mol. The van der Waals surface area contributed by atoms with Crippen molar-refractivity contribution in [3.8, 4) is 0 Å². The highest BCUT2D eigenvalue weighted by Crippen LogP contribution is 2.24. The first-order valence-electron chi connectivity index (χ1n) is 10.2. The maximum atomic E-state index is 12.8. The minimum atomic E-state index is -3.55. The molecule has 0 spiro atoms. The summed E-state index contributed by atoms with van der Waals surface area (Å²) in [6.45, 7) is 8.72. The first-order chi connectivity index (χ1) is 14.8. The van der Waals surface area contributed by atoms with Gasteiger partial charge in [-0.2, -0.15) is 9.40 Å². The van der Waals surface area contributed by atoms with Gasteiger partial charge in [0.1, 0.15) is 6.04 Å². The van der Waals surface area contributed by atoms with E-state index in [1.807, 2.05) is 42.1 Å². The number of sulfonamides is 1. The van der Waals surface area contributed by atoms with Crippen molar-refractivity contribution >= 4 is 27.3 Å². The summed E-state index contributed by atoms with van der Waals surface area (Å²) in [5.41, 5.74) is 2.36. The number of rotatable bonds is 9. The molecule has 1 atom stereocenters. The van der Waals surface area contributed by atoms with Crippen molar-refractivity contribution < 1.29 is 13.2 Å². The highest BCUT2D eigenvalue weighted by atomic mass is 32.2. The molecule has 0 bridgehead atoms. The van der Waals surface area contributed by atoms with Gasteiger partial charge < -0.3 is 5.32 Å². The fraction of sp³-hybridized carbons (Fsp3) is 0.364. The number of amides is 1. The standard InChI is InChI=1S/C22H28N4O3S2/c1-5-25(6-2)31(28,29)19-11-9-18(10-12-19)22(27)23-15-20(21-8-7-13-30-21)26-17(4)14-16(3)24-26/h7-14,20H,5-6,15H2,1-4H3,(H,23,27). The van der Waals surface area contributed by atoms with Gasteiger partial charge in [0.2, 0.25) is 10.0 Å². The smallest absolute Gasteiger partial charge is 0.251 e. The lowest BCUT2D eigenvalue weighted by atomic mass is 10.2. The second-order valence-corrected chi connectivity index (χ2v) is 10.1. The van der Waals surface area contributed by atoms with Crippen LogP contribution in [0.2, 0.25) is 0 Å². The van der Waals surface area contributed by atoms with Crippen LogP contribution < -0.4 is 5.32 Å². The molecule has 3 aromatic rings. The van der Waals surface area contributed by atoms with Gasteiger partial charge in [0.25, 0.3) is 5.91 Å². The molecule has 1 N–H and O–H groups in total. The average Bonchev–Trinajstić information content (AvgIpc) is 3.39. The van der Waals surface area contributed by atoms with Gasteiger partial charge in [0, 0.05) is 35.8 Å². The van der Waals surface area contributed by atoms with Crippen LogP contribution in [0.15, 0.2) is 52.7 Å². The maximum Gasteiger partial charge on any atom is 0.251 e. The Morgan fingerprint density at radius 2 is 1.84 bits per heavy atom. The third kappa shape index (κ3) is 5.06. The molecule has 1 unspecified atom stereocenters. The third-order valence-electron chi connectivity index (χ3n) is 5.13. The van der Waals surface area contributed by atoms with Crippen LogP contribution >= 0.6 is 11.3 Å². The van der Waals surface area contributed by atoms with Gasteiger partial charge in [-0.25, -0.2) is 8.42 Å². The van der Waals surface area contributed by atoms with Crippen LogP contribution in [0, 0.1) is 13.8 Å². The normalized spacial score (nSPS) is 12.8. The van der Waals surface area contributed by atoms with E-state index >= 15 is 0 Å². The molecule has 0 saturated heterocycles. The van der Waals surface area contributed by atoms with E-state index in [0.29, 0.717) is 25.2 Å². The highest BCUT2D eigenvalue weighted by molar-refractivity contribution is 7.89. The average molecular weight is 461 g/mol. The molecule has 0 saturated carbocycles. The first-order valence-corrected chi connectivity index (χ1v) is 12.5. The summed E-state index contributed by atoms with van der Waals surface area (Å²) >= 11 is 1.62. The minimum absolute atomic E-state index is 0.111. The van der Waals surface area contributed by atoms with Gasteiger partial charge in [0.15, 0.2) is 0 Å². The summed E-state index contributed by atoms with van der Waals surface area (Å²) in [4.78, 5) is 14.0. The molecule has 0 aliphatic carbocycles. The van der Waals surface area contributed by atoms with E-state index < -0.39 is 10.0 Å². The number of hydrogen-bond acceptors (Lipinski definition) is 5. The molecular weight excluding hydrogens is 432 g/mol. The fourth-order valence-corrected chi connectivity index (χ4v) is 5.80. The van der Waals surface area contributed by atoms with Crippen LogP contribution in [0.4, 0.5) is 0 Å². The van der Waals surface area contributed by atoms with Gasteiger partial charge in [-0.3, -0.25) is 9.48 Å². The zero-order valence-electron chi connectivity index (χ0n) is 18.2. The van der Waals surface area contributed by atoms with Gasteiger partial charge in [-0.15, -0.1) is 11.3 Å². The topological polar surface area (TPSA) is 84.3 Å². The second kappa shape index (κ2) is 9.76. The Kier molecular flexibility index (Phi) is 7.30. The number of aromatic nitrogens is 2. The number of carbonyl (C=O) groups excluding carboxylic acids is 1. The Balaban J connectivity index is 1.75. The zero-order chi connectivity index (χ0) is 22.6. The van der Waals surface area contributed by atoms with Crippen LogP contribution in [-0.4, -0.2) is 48.0 Å². The molecular formula is C22H28N4O3S2. The van der Waals surface area contributed by atoms with E-state index in [1.54, 1.807) is 37.3 Å². The summed E-state index contributed by atoms with van der Waals surface area (Å²) < 4.78 is 28.6. The number of nitrogens with one attached hydrogen (secondary N) is 1. The van der Waals surface area contributed by atoms with Gasteiger partial charge in [-0.1, -0.05) is 19.9 Å². The summed E-state index contributed by atoms with van der Waals surface area (Å²) in [7, 11) is -3.55. The highest BCUT2D eigenvalue weighted by Gasteiger charge is 2.22. The molecule has 166 valence electrons. The van der Waals surface area contributed by atoms with Gasteiger partial charge in [0.05, 0.1) is 10.6 Å². The van der Waals surface area contributed by atoms with Crippen molar-refractivity contribution in [3.05, 3.63) is 69.7 Å². The Hall–Kier alpha value is -2.49. The number of aryl methyl sites for hydroxylation is 2. The summed E-state index contributed by atoms with van der Waals surface area (Å²) in [5, 5.41) is 9.57. The molecule has 2 aromatic heterocycles. The number of nitrogens with zero attached hydrogens (tertiary/aromatic N) is 3. The van der Waals surface area contributed by atoms with Crippen molar-refractivity contribution in [2.24, 2.45) is 0 Å². The number of hydrogen-bond donors (Lipinski definition) is 1. The summed E-state index contributed by atoms with van der Waals surface area (Å²) in [6, 6.07) is 12.0. The Morgan fingerprint density at radius 1 is 1.16 bits per heavy atom. The van der Waals surface area contributed by atoms with Crippen LogP contribution in [0.5, 0.6) is 0 Å². The van der Waals surface area contributed by atoms with Crippen molar-refractivity contribution in [2.75, 3.05) is 19.6 Å². The molecule has 3 rings (SSSR count). The fourth-order valence-electron chi connectivity index (χ4n) is 3.53. The van der Waals surface area contributed by atoms with Crippen molar-refractivity contribution in [2.45, 2.75) is 38.6 Å². The lowest BCUT2D eigenvalue weighted by Gasteiger charge is -2.19. The molecule has 9 heteroatoms. The van der Waals surface area contributed by atoms with E-state index in [1.165, 1.54) is 16.4 Å². The molecule has 1 aromatic carbocycles. The van der Waals surface area contributed by atoms with Crippen molar-refractivity contribution in [1.82, 2.24) is 19.4 Å². The quantitative estimate of drug-likeness (QED) is 0.529. The van der Waals surface area contributed by atoms with Gasteiger partial charge in [-0.05, 0) is 55.6 Å². The van der Waals surface area contributed by atoms with Crippen molar-refractivity contribution in [1.29, 1.82) is 0 Å². The lowest BCUT2D eigenvalue weighted by molar-refractivity contribution is 0.0949. The number of benzene rings is 1. The van der Waals surface area contributed by atoms with Crippen molar-refractivity contribution in [3.63, 3.8) is 0 Å². The van der Waals surface area contributed by atoms with E-state index in [2.05, 4.69) is 10.4 Å². The molecule has 0 aliphatic rings. The summed E-state index contributed by atoms with van der Waals surface area (Å²) in [5.74, 6) is -0.255. The molecule has 31 heavy (non-hydrogen) atoms. The number of carbonyl (C=O) groups is 1. The largest absolute Gasteiger partial charge is 0.350 e. The maximum absolute atomic E-state index is 12.8. The molecule has 0 fully saturated rings. The first kappa shape index (κ1) is 23.2. The molecule has 2 heterocycles. The van der Waals surface area contributed by atoms with E-state index in [0.717, 1.165) is 16.3 Å². The third-order valence-corrected chi connectivity index (χ3v) is 8.16. The van der Waals surface area contributed by atoms with Gasteiger partial charge >= 0.3 is 0 Å². The monoisotopic (exact) mass is 460 g/mol. The minimum Gasteiger partial charge on any atom is -0.350 e. The van der Waals surface area contributed by atoms with E-state index in [4.69, 9.17) is 0 Å². The molecule has 0 aliphatic heterocycles. The number of thiophene rings is 1. The zero-order valence-corrected chi connectivity index (χ0v) is 19.8. The van der Waals surface area contributed by atoms with Crippen LogP contribution in [0.1, 0.15) is 46.5 Å². The summed E-state index contributed by atoms with van der Waals surface area (Å²) in [6.07, 6.45) is 0. The predicted octanol–water partition coefficient (Wildman–Crippen LogP) is 3.61. The van der Waals surface area contributed by atoms with Crippen LogP contribution in [0.3, 0.4) is 0 Å². The van der Waals surface area contributed by atoms with Crippen LogP contribution in [0.25, 0.3) is 0 Å². The molecule has 0 radical (unpaired) electrons. The Labute approximate surface area is 187 Å². The Morgan fingerprint density at radius 3 is 2.35 bits per heavy atom. The van der Waals surface area contributed by atoms with E-state index in [9.17, 15) is 13.2 Å². The second-order valence-electron chi connectivity index (χ2n) is 7.23. The van der Waals surface area contributed by atoms with E-state index in [-0.39, 0.29) is 16.8 Å². The Bertz CT molecular complexity index is 1120. The molecule has 7 nitrogen and oxygen atoms in total. The SMILES string of the molecule is CCN(CC)S(=O)(=O)c1ccc(C(=O)NCC(c2cccs2)n2nc(C)cc2C)cc1. The lowest BCUT2D eigenvalue weighted by Crippen LogP contribution is -2.32. The van der Waals surface area contributed by atoms with Crippen LogP contribution in [-0.2, 0) is 10.0 Å². The molecule has 1 amide bonds.